The molecule has 7 heteroatoms. The summed E-state index contributed by atoms with van der Waals surface area (Å²) in [5.74, 6) is -0.739. The van der Waals surface area contributed by atoms with Crippen molar-refractivity contribution in [1.82, 2.24) is 10.3 Å². The van der Waals surface area contributed by atoms with Crippen LogP contribution in [0.15, 0.2) is 6.07 Å². The molecule has 0 aliphatic heterocycles. The fourth-order valence-corrected chi connectivity index (χ4v) is 2.78. The first-order valence-electron chi connectivity index (χ1n) is 5.49. The number of nitrogens with two attached hydrogens (primary N) is 1. The lowest BCUT2D eigenvalue weighted by Gasteiger charge is -2.03. The number of nitrogen functional groups attached to an aromatic ring is 1. The number of hydrogen-bond donors (Lipinski definition) is 2. The molecule has 1 amide bonds. The molecule has 2 aromatic heterocycles. The number of aromatic nitrogens is 1. The first-order chi connectivity index (χ1) is 8.99. The summed E-state index contributed by atoms with van der Waals surface area (Å²) in [7, 11) is 2.84. The summed E-state index contributed by atoms with van der Waals surface area (Å²) >= 11 is 1.16. The topological polar surface area (TPSA) is 94.3 Å². The minimum absolute atomic E-state index is 0.239. The van der Waals surface area contributed by atoms with E-state index >= 15 is 0 Å². The summed E-state index contributed by atoms with van der Waals surface area (Å²) in [6.07, 6.45) is 0. The summed E-state index contributed by atoms with van der Waals surface area (Å²) in [5.41, 5.74) is 7.24. The Bertz CT molecular complexity index is 678. The molecule has 0 aliphatic carbocycles. The highest BCUT2D eigenvalue weighted by atomic mass is 32.1. The summed E-state index contributed by atoms with van der Waals surface area (Å²) in [6, 6.07) is 1.65. The second-order valence-corrected chi connectivity index (χ2v) is 4.89. The third-order valence-corrected chi connectivity index (χ3v) is 3.85. The number of pyridine rings is 1. The van der Waals surface area contributed by atoms with E-state index in [4.69, 9.17) is 5.73 Å². The predicted octanol–water partition coefficient (Wildman–Crippen LogP) is 1.33. The average Bonchev–Trinajstić information content (AvgIpc) is 2.72. The number of nitrogens with zero attached hydrogens (tertiary/aromatic N) is 1. The molecule has 2 rings (SSSR count). The molecule has 6 nitrogen and oxygen atoms in total. The van der Waals surface area contributed by atoms with Gasteiger partial charge in [-0.3, -0.25) is 4.79 Å². The quantitative estimate of drug-likeness (QED) is 0.809. The number of methoxy groups -OCH3 is 1. The standard InChI is InChI=1S/C12H13N3O3S/c1-5-6(10(16)14-2)4-7-8(13)9(12(17)18-3)19-11(7)15-5/h4H,13H2,1-3H3,(H,14,16). The van der Waals surface area contributed by atoms with Crippen molar-refractivity contribution >= 4 is 39.1 Å². The average molecular weight is 279 g/mol. The van der Waals surface area contributed by atoms with Crippen molar-refractivity contribution in [2.24, 2.45) is 0 Å². The van der Waals surface area contributed by atoms with Crippen molar-refractivity contribution < 1.29 is 14.3 Å². The van der Waals surface area contributed by atoms with Crippen LogP contribution in [0.4, 0.5) is 5.69 Å². The Hall–Kier alpha value is -2.15. The molecular weight excluding hydrogens is 266 g/mol. The Balaban J connectivity index is 2.69. The van der Waals surface area contributed by atoms with Crippen molar-refractivity contribution in [3.8, 4) is 0 Å². The van der Waals surface area contributed by atoms with Gasteiger partial charge in [0.1, 0.15) is 9.71 Å². The van der Waals surface area contributed by atoms with Gasteiger partial charge in [0.25, 0.3) is 5.91 Å². The molecule has 0 unspecified atom stereocenters. The van der Waals surface area contributed by atoms with Crippen LogP contribution < -0.4 is 11.1 Å². The minimum Gasteiger partial charge on any atom is -0.465 e. The van der Waals surface area contributed by atoms with Crippen LogP contribution in [0.1, 0.15) is 25.7 Å². The number of amides is 1. The lowest BCUT2D eigenvalue weighted by Crippen LogP contribution is -2.19. The van der Waals surface area contributed by atoms with E-state index in [2.05, 4.69) is 15.0 Å². The zero-order valence-electron chi connectivity index (χ0n) is 10.7. The van der Waals surface area contributed by atoms with Gasteiger partial charge in [0.2, 0.25) is 0 Å². The highest BCUT2D eigenvalue weighted by molar-refractivity contribution is 7.21. The highest BCUT2D eigenvalue weighted by Crippen LogP contribution is 2.34. The van der Waals surface area contributed by atoms with E-state index in [1.54, 1.807) is 20.0 Å². The second kappa shape index (κ2) is 4.85. The van der Waals surface area contributed by atoms with Gasteiger partial charge in [-0.25, -0.2) is 9.78 Å². The van der Waals surface area contributed by atoms with Gasteiger partial charge < -0.3 is 15.8 Å². The largest absolute Gasteiger partial charge is 0.465 e. The van der Waals surface area contributed by atoms with Crippen molar-refractivity contribution in [3.05, 3.63) is 22.2 Å². The fraction of sp³-hybridized carbons (Fsp3) is 0.250. The number of hydrogen-bond acceptors (Lipinski definition) is 6. The molecule has 0 radical (unpaired) electrons. The molecule has 0 aliphatic rings. The number of ether oxygens (including phenoxy) is 1. The highest BCUT2D eigenvalue weighted by Gasteiger charge is 2.20. The van der Waals surface area contributed by atoms with Gasteiger partial charge in [0.05, 0.1) is 24.1 Å². The van der Waals surface area contributed by atoms with Gasteiger partial charge in [0.15, 0.2) is 0 Å². The zero-order chi connectivity index (χ0) is 14.2. The molecular formula is C12H13N3O3S. The smallest absolute Gasteiger partial charge is 0.350 e. The molecule has 0 spiro atoms. The lowest BCUT2D eigenvalue weighted by molar-refractivity contribution is 0.0607. The van der Waals surface area contributed by atoms with Crippen LogP contribution in [0.5, 0.6) is 0 Å². The summed E-state index contributed by atoms with van der Waals surface area (Å²) in [4.78, 5) is 28.5. The number of rotatable bonds is 2. The predicted molar refractivity (Wildman–Crippen MR) is 73.5 cm³/mol. The minimum atomic E-state index is -0.500. The molecule has 3 N–H and O–H groups in total. The maximum atomic E-state index is 11.7. The third-order valence-electron chi connectivity index (χ3n) is 2.75. The summed E-state index contributed by atoms with van der Waals surface area (Å²) < 4.78 is 4.66. The first kappa shape index (κ1) is 13.3. The molecule has 19 heavy (non-hydrogen) atoms. The van der Waals surface area contributed by atoms with Gasteiger partial charge in [-0.05, 0) is 13.0 Å². The number of nitrogens with one attached hydrogen (secondary N) is 1. The van der Waals surface area contributed by atoms with Crippen LogP contribution in [0.25, 0.3) is 10.2 Å². The van der Waals surface area contributed by atoms with Gasteiger partial charge in [-0.1, -0.05) is 0 Å². The number of esters is 1. The number of thiophene rings is 1. The van der Waals surface area contributed by atoms with Gasteiger partial charge >= 0.3 is 5.97 Å². The van der Waals surface area contributed by atoms with Crippen molar-refractivity contribution in [2.75, 3.05) is 19.9 Å². The Morgan fingerprint density at radius 1 is 1.47 bits per heavy atom. The molecule has 2 heterocycles. The van der Waals surface area contributed by atoms with Crippen molar-refractivity contribution in [3.63, 3.8) is 0 Å². The molecule has 0 fully saturated rings. The number of carbonyl (C=O) groups is 2. The van der Waals surface area contributed by atoms with Gasteiger partial charge in [-0.15, -0.1) is 11.3 Å². The van der Waals surface area contributed by atoms with Crippen LogP contribution in [0, 0.1) is 6.92 Å². The van der Waals surface area contributed by atoms with E-state index in [1.807, 2.05) is 0 Å². The van der Waals surface area contributed by atoms with Gasteiger partial charge in [0, 0.05) is 12.4 Å². The van der Waals surface area contributed by atoms with Gasteiger partial charge in [-0.2, -0.15) is 0 Å². The van der Waals surface area contributed by atoms with E-state index in [9.17, 15) is 9.59 Å². The Kier molecular flexibility index (Phi) is 3.39. The van der Waals surface area contributed by atoms with Crippen LogP contribution in [-0.2, 0) is 4.74 Å². The first-order valence-corrected chi connectivity index (χ1v) is 6.31. The lowest BCUT2D eigenvalue weighted by atomic mass is 10.1. The van der Waals surface area contributed by atoms with Crippen molar-refractivity contribution in [1.29, 1.82) is 0 Å². The second-order valence-electron chi connectivity index (χ2n) is 3.89. The SMILES string of the molecule is CNC(=O)c1cc2c(N)c(C(=O)OC)sc2nc1C. The van der Waals surface area contributed by atoms with E-state index in [-0.39, 0.29) is 5.91 Å². The number of anilines is 1. The Morgan fingerprint density at radius 2 is 2.16 bits per heavy atom. The Morgan fingerprint density at radius 3 is 2.74 bits per heavy atom. The molecule has 0 saturated heterocycles. The maximum Gasteiger partial charge on any atom is 0.350 e. The summed E-state index contributed by atoms with van der Waals surface area (Å²) in [6.45, 7) is 1.73. The molecule has 2 aromatic rings. The number of fused-ring (bicyclic) bond motifs is 1. The van der Waals surface area contributed by atoms with E-state index in [0.29, 0.717) is 32.0 Å². The molecule has 0 bridgehead atoms. The normalized spacial score (nSPS) is 10.5. The maximum absolute atomic E-state index is 11.7. The van der Waals surface area contributed by atoms with Crippen molar-refractivity contribution in [2.45, 2.75) is 6.92 Å². The molecule has 0 saturated carbocycles. The number of carbonyl (C=O) groups excluding carboxylic acids is 2. The number of aryl methyl sites for hydroxylation is 1. The molecule has 0 aromatic carbocycles. The third kappa shape index (κ3) is 2.12. The fourth-order valence-electron chi connectivity index (χ4n) is 1.74. The molecule has 0 atom stereocenters. The summed E-state index contributed by atoms with van der Waals surface area (Å²) in [5, 5.41) is 3.13. The zero-order valence-corrected chi connectivity index (χ0v) is 11.6. The van der Waals surface area contributed by atoms with E-state index < -0.39 is 5.97 Å². The van der Waals surface area contributed by atoms with Crippen LogP contribution >= 0.6 is 11.3 Å². The molecule has 100 valence electrons. The van der Waals surface area contributed by atoms with Crippen LogP contribution in [0.2, 0.25) is 0 Å². The monoisotopic (exact) mass is 279 g/mol. The Labute approximate surface area is 113 Å². The van der Waals surface area contributed by atoms with E-state index in [0.717, 1.165) is 11.3 Å². The van der Waals surface area contributed by atoms with E-state index in [1.165, 1.54) is 7.11 Å². The van der Waals surface area contributed by atoms with Crippen LogP contribution in [-0.4, -0.2) is 31.0 Å². The van der Waals surface area contributed by atoms with Crippen LogP contribution in [0.3, 0.4) is 0 Å².